The molecule has 1 aromatic rings. The van der Waals surface area contributed by atoms with Crippen molar-refractivity contribution in [3.63, 3.8) is 0 Å². The molecule has 0 bridgehead atoms. The van der Waals surface area contributed by atoms with Crippen LogP contribution in [0.15, 0.2) is 5.16 Å². The Bertz CT molecular complexity index is 387. The molecule has 1 aromatic heterocycles. The number of aryl methyl sites for hydroxylation is 1. The molecule has 2 rings (SSSR count). The second-order valence-electron chi connectivity index (χ2n) is 3.62. The number of aliphatic carboxylic acids is 1. The van der Waals surface area contributed by atoms with E-state index in [0.717, 1.165) is 18.9 Å². The van der Waals surface area contributed by atoms with Crippen LogP contribution in [0.1, 0.15) is 18.2 Å². The van der Waals surface area contributed by atoms with Crippen molar-refractivity contribution in [1.82, 2.24) is 14.8 Å². The Kier molecular flexibility index (Phi) is 3.45. The minimum atomic E-state index is -0.848. The van der Waals surface area contributed by atoms with Gasteiger partial charge in [0.25, 0.3) is 0 Å². The fourth-order valence-corrected chi connectivity index (χ4v) is 2.19. The van der Waals surface area contributed by atoms with Gasteiger partial charge in [0, 0.05) is 19.6 Å². The number of ether oxygens (including phenoxy) is 1. The van der Waals surface area contributed by atoms with Gasteiger partial charge in [0.1, 0.15) is 0 Å². The van der Waals surface area contributed by atoms with Crippen LogP contribution >= 0.6 is 11.8 Å². The number of nitrogens with zero attached hydrogens (tertiary/aromatic N) is 3. The molecule has 0 spiro atoms. The number of carbonyl (C=O) groups is 1. The Balaban J connectivity index is 2.05. The first kappa shape index (κ1) is 11.4. The van der Waals surface area contributed by atoms with Gasteiger partial charge in [0.2, 0.25) is 0 Å². The molecule has 6 nitrogen and oxygen atoms in total. The molecule has 2 heterocycles. The van der Waals surface area contributed by atoms with Gasteiger partial charge >= 0.3 is 5.97 Å². The van der Waals surface area contributed by atoms with E-state index in [4.69, 9.17) is 9.84 Å². The normalized spacial score (nSPS) is 20.2. The highest BCUT2D eigenvalue weighted by Crippen LogP contribution is 2.24. The SMILES string of the molecule is Cn1nc(C2CCOC2)nc1SCC(=O)O. The third-order valence-electron chi connectivity index (χ3n) is 2.36. The van der Waals surface area contributed by atoms with E-state index < -0.39 is 5.97 Å². The van der Waals surface area contributed by atoms with Crippen LogP contribution in [-0.4, -0.2) is 44.8 Å². The molecule has 1 aliphatic rings. The molecule has 1 unspecified atom stereocenters. The van der Waals surface area contributed by atoms with Crippen LogP contribution in [-0.2, 0) is 16.6 Å². The van der Waals surface area contributed by atoms with E-state index in [9.17, 15) is 4.79 Å². The highest BCUT2D eigenvalue weighted by molar-refractivity contribution is 7.99. The Morgan fingerprint density at radius 3 is 3.19 bits per heavy atom. The van der Waals surface area contributed by atoms with Crippen LogP contribution in [0.2, 0.25) is 0 Å². The lowest BCUT2D eigenvalue weighted by Gasteiger charge is -1.98. The van der Waals surface area contributed by atoms with E-state index >= 15 is 0 Å². The van der Waals surface area contributed by atoms with Crippen LogP contribution < -0.4 is 0 Å². The highest BCUT2D eigenvalue weighted by Gasteiger charge is 2.23. The number of rotatable bonds is 4. The molecule has 0 aliphatic carbocycles. The highest BCUT2D eigenvalue weighted by atomic mass is 32.2. The Labute approximate surface area is 97.0 Å². The van der Waals surface area contributed by atoms with Gasteiger partial charge in [-0.2, -0.15) is 5.10 Å². The second kappa shape index (κ2) is 4.84. The lowest BCUT2D eigenvalue weighted by Crippen LogP contribution is -2.01. The maximum Gasteiger partial charge on any atom is 0.313 e. The Morgan fingerprint density at radius 1 is 1.75 bits per heavy atom. The number of hydrogen-bond donors (Lipinski definition) is 1. The first-order valence-corrected chi connectivity index (χ1v) is 5.98. The molecule has 0 aromatic carbocycles. The van der Waals surface area contributed by atoms with Crippen molar-refractivity contribution in [2.75, 3.05) is 19.0 Å². The number of carboxylic acid groups (broad SMARTS) is 1. The summed E-state index contributed by atoms with van der Waals surface area (Å²) in [5, 5.41) is 13.5. The van der Waals surface area contributed by atoms with E-state index in [1.807, 2.05) is 0 Å². The summed E-state index contributed by atoms with van der Waals surface area (Å²) in [4.78, 5) is 14.8. The molecular weight excluding hydrogens is 230 g/mol. The molecule has 1 fully saturated rings. The van der Waals surface area contributed by atoms with E-state index in [2.05, 4.69) is 10.1 Å². The summed E-state index contributed by atoms with van der Waals surface area (Å²) < 4.78 is 6.89. The van der Waals surface area contributed by atoms with E-state index in [-0.39, 0.29) is 11.7 Å². The first-order chi connectivity index (χ1) is 7.66. The van der Waals surface area contributed by atoms with E-state index in [0.29, 0.717) is 11.8 Å². The molecule has 0 saturated carbocycles. The van der Waals surface area contributed by atoms with Gasteiger partial charge in [-0.25, -0.2) is 9.67 Å². The predicted molar refractivity (Wildman–Crippen MR) is 57.5 cm³/mol. The molecule has 0 radical (unpaired) electrons. The zero-order valence-corrected chi connectivity index (χ0v) is 9.74. The van der Waals surface area contributed by atoms with Gasteiger partial charge in [-0.1, -0.05) is 11.8 Å². The van der Waals surface area contributed by atoms with Crippen molar-refractivity contribution in [2.45, 2.75) is 17.5 Å². The van der Waals surface area contributed by atoms with Gasteiger partial charge in [0.15, 0.2) is 11.0 Å². The number of hydrogen-bond acceptors (Lipinski definition) is 5. The molecular formula is C9H13N3O3S. The predicted octanol–water partition coefficient (Wildman–Crippen LogP) is 0.496. The second-order valence-corrected chi connectivity index (χ2v) is 4.56. The molecule has 1 atom stereocenters. The van der Waals surface area contributed by atoms with Crippen molar-refractivity contribution >= 4 is 17.7 Å². The summed E-state index contributed by atoms with van der Waals surface area (Å²) in [6.07, 6.45) is 0.938. The number of carboxylic acids is 1. The van der Waals surface area contributed by atoms with Crippen LogP contribution in [0.5, 0.6) is 0 Å². The fourth-order valence-electron chi connectivity index (χ4n) is 1.55. The monoisotopic (exact) mass is 243 g/mol. The topological polar surface area (TPSA) is 77.2 Å². The van der Waals surface area contributed by atoms with E-state index in [1.165, 1.54) is 11.8 Å². The van der Waals surface area contributed by atoms with Crippen molar-refractivity contribution < 1.29 is 14.6 Å². The van der Waals surface area contributed by atoms with Gasteiger partial charge in [-0.15, -0.1) is 0 Å². The maximum absolute atomic E-state index is 10.4. The third kappa shape index (κ3) is 2.53. The van der Waals surface area contributed by atoms with Gasteiger partial charge in [-0.3, -0.25) is 4.79 Å². The van der Waals surface area contributed by atoms with Crippen molar-refractivity contribution in [3.05, 3.63) is 5.82 Å². The quantitative estimate of drug-likeness (QED) is 0.776. The summed E-state index contributed by atoms with van der Waals surface area (Å²) in [5.74, 6) is 0.171. The molecule has 7 heteroatoms. The van der Waals surface area contributed by atoms with Crippen LogP contribution in [0.25, 0.3) is 0 Å². The summed E-state index contributed by atoms with van der Waals surface area (Å²) in [5.41, 5.74) is 0. The zero-order valence-electron chi connectivity index (χ0n) is 8.92. The van der Waals surface area contributed by atoms with Gasteiger partial charge in [-0.05, 0) is 6.42 Å². The number of thioether (sulfide) groups is 1. The average Bonchev–Trinajstić information content (AvgIpc) is 2.83. The largest absolute Gasteiger partial charge is 0.481 e. The summed E-state index contributed by atoms with van der Waals surface area (Å²) in [7, 11) is 1.77. The minimum absolute atomic E-state index is 0.00708. The van der Waals surface area contributed by atoms with Crippen molar-refractivity contribution in [2.24, 2.45) is 7.05 Å². The zero-order chi connectivity index (χ0) is 11.5. The van der Waals surface area contributed by atoms with Crippen molar-refractivity contribution in [3.8, 4) is 0 Å². The van der Waals surface area contributed by atoms with Crippen LogP contribution in [0.3, 0.4) is 0 Å². The fraction of sp³-hybridized carbons (Fsp3) is 0.667. The standard InChI is InChI=1S/C9H13N3O3S/c1-12-9(16-5-7(13)14)10-8(11-12)6-2-3-15-4-6/h6H,2-5H2,1H3,(H,13,14). The van der Waals surface area contributed by atoms with Crippen LogP contribution in [0.4, 0.5) is 0 Å². The summed E-state index contributed by atoms with van der Waals surface area (Å²) in [6, 6.07) is 0. The molecule has 1 N–H and O–H groups in total. The smallest absolute Gasteiger partial charge is 0.313 e. The van der Waals surface area contributed by atoms with Crippen LogP contribution in [0, 0.1) is 0 Å². The van der Waals surface area contributed by atoms with E-state index in [1.54, 1.807) is 11.7 Å². The molecule has 16 heavy (non-hydrogen) atoms. The lowest BCUT2D eigenvalue weighted by molar-refractivity contribution is -0.133. The van der Waals surface area contributed by atoms with Gasteiger partial charge < -0.3 is 9.84 Å². The molecule has 0 amide bonds. The lowest BCUT2D eigenvalue weighted by atomic mass is 10.1. The first-order valence-electron chi connectivity index (χ1n) is 5.00. The molecule has 1 aliphatic heterocycles. The minimum Gasteiger partial charge on any atom is -0.481 e. The maximum atomic E-state index is 10.4. The average molecular weight is 243 g/mol. The third-order valence-corrected chi connectivity index (χ3v) is 3.36. The Morgan fingerprint density at radius 2 is 2.56 bits per heavy atom. The summed E-state index contributed by atoms with van der Waals surface area (Å²) in [6.45, 7) is 1.41. The summed E-state index contributed by atoms with van der Waals surface area (Å²) >= 11 is 1.18. The molecule has 1 saturated heterocycles. The van der Waals surface area contributed by atoms with Crippen molar-refractivity contribution in [1.29, 1.82) is 0 Å². The molecule has 88 valence electrons. The van der Waals surface area contributed by atoms with Gasteiger partial charge in [0.05, 0.1) is 12.4 Å². The Hall–Kier alpha value is -1.08. The number of aromatic nitrogens is 3.